The maximum Gasteiger partial charge on any atom is 0.247 e. The first-order chi connectivity index (χ1) is 16.8. The molecule has 1 saturated carbocycles. The molecule has 3 aliphatic rings. The number of carbonyl (C=O) groups excluding carboxylic acids is 3. The third-order valence-electron chi connectivity index (χ3n) is 7.20. The summed E-state index contributed by atoms with van der Waals surface area (Å²) in [5.74, 6) is -0.732. The number of ether oxygens (including phenoxy) is 2. The zero-order chi connectivity index (χ0) is 25.3. The van der Waals surface area contributed by atoms with Crippen LogP contribution < -0.4 is 14.8 Å². The van der Waals surface area contributed by atoms with Gasteiger partial charge >= 0.3 is 0 Å². The number of rotatable bonds is 8. The van der Waals surface area contributed by atoms with Gasteiger partial charge in [-0.15, -0.1) is 0 Å². The van der Waals surface area contributed by atoms with Crippen molar-refractivity contribution in [2.75, 3.05) is 20.3 Å². The Morgan fingerprint density at radius 3 is 2.60 bits per heavy atom. The van der Waals surface area contributed by atoms with Crippen molar-refractivity contribution in [2.24, 2.45) is 5.92 Å². The number of hydrogen-bond donors (Lipinski definition) is 3. The lowest BCUT2D eigenvalue weighted by Crippen LogP contribution is -2.58. The third kappa shape index (κ3) is 4.54. The number of benzene rings is 1. The van der Waals surface area contributed by atoms with E-state index in [1.165, 1.54) is 7.11 Å². The molecule has 0 bridgehead atoms. The first kappa shape index (κ1) is 25.2. The first-order valence-corrected chi connectivity index (χ1v) is 12.3. The Kier molecular flexibility index (Phi) is 7.47. The highest BCUT2D eigenvalue weighted by Crippen LogP contribution is 2.51. The van der Waals surface area contributed by atoms with E-state index < -0.39 is 30.1 Å². The molecule has 3 N–H and O–H groups in total. The van der Waals surface area contributed by atoms with Gasteiger partial charge < -0.3 is 29.9 Å². The molecule has 190 valence electrons. The van der Waals surface area contributed by atoms with Gasteiger partial charge in [0.15, 0.2) is 11.5 Å². The van der Waals surface area contributed by atoms with Crippen molar-refractivity contribution < 1.29 is 34.1 Å². The molecule has 0 aromatic heterocycles. The van der Waals surface area contributed by atoms with Crippen LogP contribution in [0.25, 0.3) is 0 Å². The van der Waals surface area contributed by atoms with E-state index in [1.807, 2.05) is 13.8 Å². The van der Waals surface area contributed by atoms with Crippen LogP contribution >= 0.6 is 0 Å². The lowest BCUT2D eigenvalue weighted by Gasteiger charge is -2.43. The van der Waals surface area contributed by atoms with E-state index in [1.54, 1.807) is 23.1 Å². The Morgan fingerprint density at radius 2 is 2.00 bits per heavy atom. The average Bonchev–Trinajstić information content (AvgIpc) is 3.52. The van der Waals surface area contributed by atoms with E-state index >= 15 is 0 Å². The smallest absolute Gasteiger partial charge is 0.247 e. The maximum atomic E-state index is 13.4. The Hall–Kier alpha value is -2.91. The van der Waals surface area contributed by atoms with Gasteiger partial charge in [-0.1, -0.05) is 26.7 Å². The van der Waals surface area contributed by atoms with Gasteiger partial charge in [-0.25, -0.2) is 0 Å². The summed E-state index contributed by atoms with van der Waals surface area (Å²) in [7, 11) is 1.46. The van der Waals surface area contributed by atoms with Gasteiger partial charge in [-0.3, -0.25) is 14.4 Å². The number of aldehydes is 1. The predicted molar refractivity (Wildman–Crippen MR) is 127 cm³/mol. The molecular weight excluding hydrogens is 452 g/mol. The lowest BCUT2D eigenvalue weighted by molar-refractivity contribution is -0.143. The number of aliphatic hydroxyl groups excluding tert-OH is 2. The molecule has 35 heavy (non-hydrogen) atoms. The largest absolute Gasteiger partial charge is 0.493 e. The summed E-state index contributed by atoms with van der Waals surface area (Å²) in [6.07, 6.45) is 4.10. The molecule has 4 unspecified atom stereocenters. The van der Waals surface area contributed by atoms with Crippen LogP contribution in [0.15, 0.2) is 23.8 Å². The highest BCUT2D eigenvalue weighted by Gasteiger charge is 2.52. The van der Waals surface area contributed by atoms with Crippen molar-refractivity contribution in [1.29, 1.82) is 0 Å². The van der Waals surface area contributed by atoms with Crippen LogP contribution in [0.3, 0.4) is 0 Å². The minimum absolute atomic E-state index is 0.0286. The standard InChI is InChI=1S/C26H34N2O7/c1-14(2)26(33)28(16-6-4-5-7-16)19-12-18(25(32)27-8-9-29)21-17-10-15(13-30)11-20(34-3)23(17)35-24(21)22(19)31/h10-14,16,19,21-22,24,29,31H,4-9H2,1-3H3,(H,27,32). The molecule has 9 nitrogen and oxygen atoms in total. The van der Waals surface area contributed by atoms with Crippen molar-refractivity contribution in [2.45, 2.75) is 69.7 Å². The topological polar surface area (TPSA) is 125 Å². The summed E-state index contributed by atoms with van der Waals surface area (Å²) in [5.41, 5.74) is 1.27. The van der Waals surface area contributed by atoms with Gasteiger partial charge in [0.2, 0.25) is 11.8 Å². The number of nitrogens with one attached hydrogen (secondary N) is 1. The molecule has 4 atom stereocenters. The number of methoxy groups -OCH3 is 1. The highest BCUT2D eigenvalue weighted by molar-refractivity contribution is 5.96. The van der Waals surface area contributed by atoms with E-state index in [0.29, 0.717) is 34.5 Å². The second-order valence-electron chi connectivity index (χ2n) is 9.74. The molecule has 1 aromatic rings. The quantitative estimate of drug-likeness (QED) is 0.476. The molecule has 0 radical (unpaired) electrons. The van der Waals surface area contributed by atoms with Gasteiger partial charge in [0.05, 0.1) is 25.7 Å². The summed E-state index contributed by atoms with van der Waals surface area (Å²) in [4.78, 5) is 40.0. The third-order valence-corrected chi connectivity index (χ3v) is 7.20. The van der Waals surface area contributed by atoms with Crippen LogP contribution in [0.5, 0.6) is 11.5 Å². The van der Waals surface area contributed by atoms with Gasteiger partial charge in [-0.2, -0.15) is 0 Å². The van der Waals surface area contributed by atoms with E-state index in [-0.39, 0.29) is 31.0 Å². The second kappa shape index (κ2) is 10.4. The number of carbonyl (C=O) groups is 3. The molecule has 1 aliphatic heterocycles. The number of fused-ring (bicyclic) bond motifs is 3. The molecule has 1 heterocycles. The molecule has 9 heteroatoms. The normalized spacial score (nSPS) is 25.4. The van der Waals surface area contributed by atoms with Crippen LogP contribution in [0.1, 0.15) is 61.4 Å². The van der Waals surface area contributed by atoms with E-state index in [0.717, 1.165) is 25.7 Å². The van der Waals surface area contributed by atoms with Crippen molar-refractivity contribution in [3.8, 4) is 11.5 Å². The zero-order valence-corrected chi connectivity index (χ0v) is 20.4. The number of hydrogen-bond acceptors (Lipinski definition) is 7. The fourth-order valence-electron chi connectivity index (χ4n) is 5.58. The SMILES string of the molecule is COc1cc(C=O)cc2c1OC1C2C(C(=O)NCCO)=CC(N(C(=O)C(C)C)C2CCCC2)C1O. The van der Waals surface area contributed by atoms with Crippen molar-refractivity contribution in [3.63, 3.8) is 0 Å². The average molecular weight is 487 g/mol. The van der Waals surface area contributed by atoms with Crippen LogP contribution in [-0.2, 0) is 9.59 Å². The molecular formula is C26H34N2O7. The van der Waals surface area contributed by atoms with Crippen LogP contribution in [0.4, 0.5) is 0 Å². The Balaban J connectivity index is 1.83. The lowest BCUT2D eigenvalue weighted by atomic mass is 9.76. The minimum Gasteiger partial charge on any atom is -0.493 e. The molecule has 1 aromatic carbocycles. The predicted octanol–water partition coefficient (Wildman–Crippen LogP) is 1.56. The fraction of sp³-hybridized carbons (Fsp3) is 0.577. The summed E-state index contributed by atoms with van der Waals surface area (Å²) in [6.45, 7) is 3.49. The van der Waals surface area contributed by atoms with Crippen LogP contribution in [0, 0.1) is 5.92 Å². The minimum atomic E-state index is -1.10. The Labute approximate surface area is 205 Å². The first-order valence-electron chi connectivity index (χ1n) is 12.3. The van der Waals surface area contributed by atoms with Gasteiger partial charge in [-0.05, 0) is 31.1 Å². The molecule has 0 saturated heterocycles. The van der Waals surface area contributed by atoms with E-state index in [2.05, 4.69) is 5.32 Å². The number of nitrogens with zero attached hydrogens (tertiary/aromatic N) is 1. The van der Waals surface area contributed by atoms with Crippen molar-refractivity contribution in [3.05, 3.63) is 34.9 Å². The second-order valence-corrected chi connectivity index (χ2v) is 9.74. The van der Waals surface area contributed by atoms with Crippen molar-refractivity contribution in [1.82, 2.24) is 10.2 Å². The monoisotopic (exact) mass is 486 g/mol. The Morgan fingerprint density at radius 1 is 1.29 bits per heavy atom. The summed E-state index contributed by atoms with van der Waals surface area (Å²) < 4.78 is 11.7. The zero-order valence-electron chi connectivity index (χ0n) is 20.4. The van der Waals surface area contributed by atoms with E-state index in [9.17, 15) is 24.6 Å². The van der Waals surface area contributed by atoms with Crippen molar-refractivity contribution >= 4 is 18.1 Å². The van der Waals surface area contributed by atoms with Gasteiger partial charge in [0.25, 0.3) is 0 Å². The fourth-order valence-corrected chi connectivity index (χ4v) is 5.58. The highest BCUT2D eigenvalue weighted by atomic mass is 16.5. The summed E-state index contributed by atoms with van der Waals surface area (Å²) in [6, 6.07) is 2.41. The molecule has 0 spiro atoms. The maximum absolute atomic E-state index is 13.4. The van der Waals surface area contributed by atoms with Gasteiger partial charge in [0.1, 0.15) is 18.5 Å². The number of amides is 2. The van der Waals surface area contributed by atoms with Crippen LogP contribution in [0.2, 0.25) is 0 Å². The summed E-state index contributed by atoms with van der Waals surface area (Å²) in [5, 5.41) is 23.5. The molecule has 2 amide bonds. The number of aliphatic hydroxyl groups is 2. The van der Waals surface area contributed by atoms with Gasteiger partial charge in [0, 0.05) is 35.2 Å². The molecule has 2 aliphatic carbocycles. The summed E-state index contributed by atoms with van der Waals surface area (Å²) >= 11 is 0. The van der Waals surface area contributed by atoms with E-state index in [4.69, 9.17) is 9.47 Å². The molecule has 4 rings (SSSR count). The Bertz CT molecular complexity index is 1020. The van der Waals surface area contributed by atoms with Crippen LogP contribution in [-0.4, -0.2) is 77.8 Å². The molecule has 1 fully saturated rings.